The molecule has 0 aliphatic carbocycles. The second kappa shape index (κ2) is 7.28. The van der Waals surface area contributed by atoms with E-state index in [-0.39, 0.29) is 32.9 Å². The summed E-state index contributed by atoms with van der Waals surface area (Å²) in [6.45, 7) is 0. The van der Waals surface area contributed by atoms with Gasteiger partial charge >= 0.3 is 11.0 Å². The molecule has 0 aromatic heterocycles. The molecule has 0 amide bonds. The molecule has 0 aliphatic heterocycles. The Balaban J connectivity index is 3.10. The Morgan fingerprint density at radius 2 is 1.38 bits per heavy atom. The molecule has 1 rings (SSSR count). The summed E-state index contributed by atoms with van der Waals surface area (Å²) in [5.74, 6) is -0.341. The van der Waals surface area contributed by atoms with E-state index in [9.17, 15) is 31.1 Å². The predicted octanol–water partition coefficient (Wildman–Crippen LogP) is 5.42. The average Bonchev–Trinajstić information content (AvgIpc) is 2.23. The largest absolute Gasteiger partial charge is 0.446 e. The molecule has 21 heavy (non-hydrogen) atoms. The maximum Gasteiger partial charge on any atom is 0.446 e. The number of halogens is 7. The van der Waals surface area contributed by atoms with Crippen LogP contribution in [0.2, 0.25) is 0 Å². The number of hydrogen-bond acceptors (Lipinski definition) is 3. The molecule has 0 fully saturated rings. The van der Waals surface area contributed by atoms with E-state index in [1.165, 1.54) is 0 Å². The maximum absolute atomic E-state index is 12.3. The van der Waals surface area contributed by atoms with Crippen LogP contribution in [0.15, 0.2) is 28.0 Å². The highest BCUT2D eigenvalue weighted by atomic mass is 79.9. The first-order chi connectivity index (χ1) is 9.48. The number of thioether (sulfide) groups is 2. The number of ketones is 1. The zero-order valence-electron chi connectivity index (χ0n) is 10.0. The van der Waals surface area contributed by atoms with E-state index < -0.39 is 34.5 Å². The van der Waals surface area contributed by atoms with Crippen molar-refractivity contribution in [1.82, 2.24) is 0 Å². The highest BCUT2D eigenvalue weighted by Crippen LogP contribution is 2.42. The third kappa shape index (κ3) is 8.01. The number of hydrogen-bond donors (Lipinski definition) is 0. The number of alkyl halides is 7. The van der Waals surface area contributed by atoms with Crippen molar-refractivity contribution in [3.8, 4) is 0 Å². The molecule has 1 aromatic carbocycles. The Bertz CT molecular complexity index is 480. The number of carbonyl (C=O) groups excluding carboxylic acids is 1. The SMILES string of the molecule is O=C(CBr)Cc1cc(SC(F)(F)F)cc(SC(F)(F)F)c1. The monoisotopic (exact) mass is 412 g/mol. The summed E-state index contributed by atoms with van der Waals surface area (Å²) < 4.78 is 74.0. The molecule has 1 nitrogen and oxygen atoms in total. The van der Waals surface area contributed by atoms with Crippen molar-refractivity contribution in [2.24, 2.45) is 0 Å². The minimum Gasteiger partial charge on any atom is -0.298 e. The smallest absolute Gasteiger partial charge is 0.298 e. The van der Waals surface area contributed by atoms with E-state index in [2.05, 4.69) is 15.9 Å². The lowest BCUT2D eigenvalue weighted by Gasteiger charge is -2.11. The first kappa shape index (κ1) is 18.7. The van der Waals surface area contributed by atoms with Crippen molar-refractivity contribution in [3.05, 3.63) is 23.8 Å². The molecule has 0 heterocycles. The molecule has 0 aliphatic rings. The van der Waals surface area contributed by atoms with Gasteiger partial charge in [-0.2, -0.15) is 26.3 Å². The molecular weight excluding hydrogens is 406 g/mol. The number of carbonyl (C=O) groups is 1. The zero-order valence-corrected chi connectivity index (χ0v) is 13.2. The van der Waals surface area contributed by atoms with Crippen molar-refractivity contribution in [3.63, 3.8) is 0 Å². The van der Waals surface area contributed by atoms with E-state index in [0.29, 0.717) is 0 Å². The molecule has 0 saturated heterocycles. The van der Waals surface area contributed by atoms with Crippen LogP contribution < -0.4 is 0 Å². The van der Waals surface area contributed by atoms with Crippen LogP contribution >= 0.6 is 39.5 Å². The molecule has 0 unspecified atom stereocenters. The van der Waals surface area contributed by atoms with Gasteiger partial charge in [-0.25, -0.2) is 0 Å². The second-order valence-corrected chi connectivity index (χ2v) is 6.59. The van der Waals surface area contributed by atoms with Crippen LogP contribution in [0.25, 0.3) is 0 Å². The summed E-state index contributed by atoms with van der Waals surface area (Å²) in [7, 11) is 0. The minimum absolute atomic E-state index is 0.0224. The van der Waals surface area contributed by atoms with Gasteiger partial charge in [0.15, 0.2) is 0 Å². The van der Waals surface area contributed by atoms with E-state index >= 15 is 0 Å². The average molecular weight is 413 g/mol. The Kier molecular flexibility index (Phi) is 6.48. The number of benzene rings is 1. The lowest BCUT2D eigenvalue weighted by molar-refractivity contribution is -0.115. The first-order valence-corrected chi connectivity index (χ1v) is 7.97. The maximum atomic E-state index is 12.3. The summed E-state index contributed by atoms with van der Waals surface area (Å²) >= 11 is 1.86. The van der Waals surface area contributed by atoms with Gasteiger partial charge in [-0.1, -0.05) is 15.9 Å². The van der Waals surface area contributed by atoms with Crippen LogP contribution in [0.1, 0.15) is 5.56 Å². The van der Waals surface area contributed by atoms with Crippen LogP contribution in [0.4, 0.5) is 26.3 Å². The van der Waals surface area contributed by atoms with Gasteiger partial charge in [0, 0.05) is 16.2 Å². The van der Waals surface area contributed by atoms with Crippen molar-refractivity contribution in [1.29, 1.82) is 0 Å². The van der Waals surface area contributed by atoms with Gasteiger partial charge in [0.05, 0.1) is 5.33 Å². The molecule has 0 spiro atoms. The fourth-order valence-corrected chi connectivity index (χ4v) is 2.99. The van der Waals surface area contributed by atoms with Gasteiger partial charge in [0.25, 0.3) is 0 Å². The number of rotatable bonds is 5. The third-order valence-corrected chi connectivity index (χ3v) is 3.99. The minimum atomic E-state index is -4.61. The molecular formula is C11H7BrF6OS2. The highest BCUT2D eigenvalue weighted by molar-refractivity contribution is 9.09. The molecule has 0 N–H and O–H groups in total. The molecule has 118 valence electrons. The summed E-state index contributed by atoms with van der Waals surface area (Å²) in [6.07, 6.45) is -0.233. The second-order valence-electron chi connectivity index (χ2n) is 3.76. The Morgan fingerprint density at radius 1 is 0.952 bits per heavy atom. The van der Waals surface area contributed by atoms with Crippen molar-refractivity contribution >= 4 is 45.2 Å². The highest BCUT2D eigenvalue weighted by Gasteiger charge is 2.32. The molecule has 1 aromatic rings. The topological polar surface area (TPSA) is 17.1 Å². The Labute approximate surface area is 133 Å². The Morgan fingerprint density at radius 3 is 1.71 bits per heavy atom. The Hall–Kier alpha value is -0.350. The van der Waals surface area contributed by atoms with Crippen LogP contribution in [0, 0.1) is 0 Å². The van der Waals surface area contributed by atoms with Crippen molar-refractivity contribution < 1.29 is 31.1 Å². The first-order valence-electron chi connectivity index (χ1n) is 5.21. The third-order valence-electron chi connectivity index (χ3n) is 1.96. The van der Waals surface area contributed by atoms with Gasteiger partial charge in [-0.15, -0.1) is 0 Å². The quantitative estimate of drug-likeness (QED) is 0.365. The van der Waals surface area contributed by atoms with Gasteiger partial charge in [0.1, 0.15) is 5.78 Å². The van der Waals surface area contributed by atoms with E-state index in [1.54, 1.807) is 0 Å². The molecule has 10 heteroatoms. The predicted molar refractivity (Wildman–Crippen MR) is 72.8 cm³/mol. The summed E-state index contributed by atoms with van der Waals surface area (Å²) in [5, 5.41) is -0.0224. The van der Waals surface area contributed by atoms with Gasteiger partial charge in [-0.3, -0.25) is 4.79 Å². The normalized spacial score (nSPS) is 12.5. The van der Waals surface area contributed by atoms with Crippen LogP contribution in [-0.4, -0.2) is 22.1 Å². The van der Waals surface area contributed by atoms with E-state index in [1.807, 2.05) is 0 Å². The van der Waals surface area contributed by atoms with E-state index in [0.717, 1.165) is 18.2 Å². The van der Waals surface area contributed by atoms with Gasteiger partial charge < -0.3 is 0 Å². The van der Waals surface area contributed by atoms with Gasteiger partial charge in [-0.05, 0) is 47.3 Å². The number of Topliss-reactive ketones (excluding diaryl/α,β-unsaturated/α-hetero) is 1. The zero-order chi connectivity index (χ0) is 16.3. The molecule has 0 radical (unpaired) electrons. The fourth-order valence-electron chi connectivity index (χ4n) is 1.39. The molecule has 0 bridgehead atoms. The fraction of sp³-hybridized carbons (Fsp3) is 0.364. The summed E-state index contributed by atoms with van der Waals surface area (Å²) in [5.41, 5.74) is -9.11. The van der Waals surface area contributed by atoms with Crippen LogP contribution in [-0.2, 0) is 11.2 Å². The van der Waals surface area contributed by atoms with Crippen LogP contribution in [0.5, 0.6) is 0 Å². The van der Waals surface area contributed by atoms with Gasteiger partial charge in [0.2, 0.25) is 0 Å². The lowest BCUT2D eigenvalue weighted by Crippen LogP contribution is -2.05. The van der Waals surface area contributed by atoms with E-state index in [4.69, 9.17) is 0 Å². The summed E-state index contributed by atoms with van der Waals surface area (Å²) in [4.78, 5) is 10.5. The van der Waals surface area contributed by atoms with Crippen molar-refractivity contribution in [2.45, 2.75) is 27.2 Å². The molecule has 0 saturated carbocycles. The van der Waals surface area contributed by atoms with Crippen molar-refractivity contribution in [2.75, 3.05) is 5.33 Å². The van der Waals surface area contributed by atoms with Crippen LogP contribution in [0.3, 0.4) is 0 Å². The lowest BCUT2D eigenvalue weighted by atomic mass is 10.1. The molecule has 0 atom stereocenters. The standard InChI is InChI=1S/C11H7BrF6OS2/c12-5-7(19)1-6-2-8(20-10(13,14)15)4-9(3-6)21-11(16,17)18/h2-4H,1,5H2. The summed E-state index contributed by atoms with van der Waals surface area (Å²) in [6, 6.07) is 2.94.